The fraction of sp³-hybridized carbons (Fsp3) is 0.176. The molecule has 0 aliphatic carbocycles. The molecule has 0 aliphatic heterocycles. The van der Waals surface area contributed by atoms with Crippen molar-refractivity contribution in [3.63, 3.8) is 0 Å². The smallest absolute Gasteiger partial charge is 0.261 e. The minimum atomic E-state index is -3.88. The summed E-state index contributed by atoms with van der Waals surface area (Å²) >= 11 is 0. The van der Waals surface area contributed by atoms with Gasteiger partial charge in [-0.2, -0.15) is 0 Å². The number of ketones is 1. The summed E-state index contributed by atoms with van der Waals surface area (Å²) in [7, 11) is -2.40. The molecule has 2 N–H and O–H groups in total. The van der Waals surface area contributed by atoms with Gasteiger partial charge in [0.2, 0.25) is 0 Å². The van der Waals surface area contributed by atoms with Crippen LogP contribution in [0.3, 0.4) is 0 Å². The average molecular weight is 346 g/mol. The van der Waals surface area contributed by atoms with Crippen LogP contribution in [-0.4, -0.2) is 27.2 Å². The van der Waals surface area contributed by atoms with Crippen molar-refractivity contribution in [3.8, 4) is 0 Å². The lowest BCUT2D eigenvalue weighted by atomic mass is 10.1. The molecule has 0 saturated heterocycles. The van der Waals surface area contributed by atoms with E-state index in [9.17, 15) is 18.0 Å². The Bertz CT molecular complexity index is 905. The van der Waals surface area contributed by atoms with Gasteiger partial charge < -0.3 is 5.32 Å². The molecular formula is C17H18N2O4S. The van der Waals surface area contributed by atoms with Gasteiger partial charge in [0.25, 0.3) is 15.9 Å². The van der Waals surface area contributed by atoms with Gasteiger partial charge in [-0.15, -0.1) is 0 Å². The van der Waals surface area contributed by atoms with Gasteiger partial charge in [-0.05, 0) is 43.7 Å². The summed E-state index contributed by atoms with van der Waals surface area (Å²) in [5.74, 6) is -0.517. The quantitative estimate of drug-likeness (QED) is 0.813. The molecule has 126 valence electrons. The van der Waals surface area contributed by atoms with E-state index >= 15 is 0 Å². The molecule has 2 aromatic carbocycles. The fourth-order valence-electron chi connectivity index (χ4n) is 2.16. The molecule has 6 nitrogen and oxygen atoms in total. The summed E-state index contributed by atoms with van der Waals surface area (Å²) in [4.78, 5) is 23.2. The number of Topliss-reactive ketones (excluding diaryl/α,β-unsaturated/α-hetero) is 1. The van der Waals surface area contributed by atoms with Crippen LogP contribution in [0.1, 0.15) is 33.2 Å². The largest absolute Gasteiger partial charge is 0.355 e. The SMILES string of the molecule is CNC(=O)c1cc(S(=O)(=O)Nc2cccc(C(C)=O)c2)ccc1C. The van der Waals surface area contributed by atoms with E-state index in [0.29, 0.717) is 11.1 Å². The number of anilines is 1. The number of hydrogen-bond acceptors (Lipinski definition) is 4. The highest BCUT2D eigenvalue weighted by atomic mass is 32.2. The Morgan fingerprint density at radius 3 is 2.38 bits per heavy atom. The van der Waals surface area contributed by atoms with Crippen molar-refractivity contribution in [1.29, 1.82) is 0 Å². The molecule has 0 spiro atoms. The number of nitrogens with one attached hydrogen (secondary N) is 2. The summed E-state index contributed by atoms with van der Waals surface area (Å²) in [6.07, 6.45) is 0. The van der Waals surface area contributed by atoms with Crippen LogP contribution in [0.5, 0.6) is 0 Å². The third-order valence-electron chi connectivity index (χ3n) is 3.51. The Kier molecular flexibility index (Phi) is 5.04. The van der Waals surface area contributed by atoms with Crippen molar-refractivity contribution in [1.82, 2.24) is 5.32 Å². The lowest BCUT2D eigenvalue weighted by Crippen LogP contribution is -2.20. The zero-order valence-electron chi connectivity index (χ0n) is 13.6. The fourth-order valence-corrected chi connectivity index (χ4v) is 3.24. The van der Waals surface area contributed by atoms with Gasteiger partial charge in [0.05, 0.1) is 4.90 Å². The van der Waals surface area contributed by atoms with Crippen LogP contribution in [-0.2, 0) is 10.0 Å². The van der Waals surface area contributed by atoms with Crippen molar-refractivity contribution in [3.05, 3.63) is 59.2 Å². The van der Waals surface area contributed by atoms with Crippen molar-refractivity contribution < 1.29 is 18.0 Å². The van der Waals surface area contributed by atoms with Crippen LogP contribution in [0.25, 0.3) is 0 Å². The van der Waals surface area contributed by atoms with Crippen LogP contribution < -0.4 is 10.0 Å². The molecule has 0 aromatic heterocycles. The molecule has 0 saturated carbocycles. The van der Waals surface area contributed by atoms with E-state index in [0.717, 1.165) is 0 Å². The van der Waals surface area contributed by atoms with Crippen LogP contribution in [0.15, 0.2) is 47.4 Å². The second-order valence-corrected chi connectivity index (χ2v) is 6.98. The van der Waals surface area contributed by atoms with Gasteiger partial charge in [0, 0.05) is 23.9 Å². The predicted molar refractivity (Wildman–Crippen MR) is 91.8 cm³/mol. The Labute approximate surface area is 140 Å². The first kappa shape index (κ1) is 17.7. The van der Waals surface area contributed by atoms with Crippen LogP contribution in [0.4, 0.5) is 5.69 Å². The number of carbonyl (C=O) groups excluding carboxylic acids is 2. The monoisotopic (exact) mass is 346 g/mol. The van der Waals surface area contributed by atoms with Gasteiger partial charge in [-0.1, -0.05) is 18.2 Å². The minimum Gasteiger partial charge on any atom is -0.355 e. The molecular weight excluding hydrogens is 328 g/mol. The molecule has 0 bridgehead atoms. The van der Waals surface area contributed by atoms with E-state index in [1.807, 2.05) is 0 Å². The summed E-state index contributed by atoms with van der Waals surface area (Å²) in [6.45, 7) is 3.13. The molecule has 0 atom stereocenters. The zero-order chi connectivity index (χ0) is 17.9. The highest BCUT2D eigenvalue weighted by Gasteiger charge is 2.18. The van der Waals surface area contributed by atoms with Crippen molar-refractivity contribution in [2.24, 2.45) is 0 Å². The number of benzene rings is 2. The summed E-state index contributed by atoms with van der Waals surface area (Å²) < 4.78 is 27.5. The number of rotatable bonds is 5. The Hall–Kier alpha value is -2.67. The first-order valence-corrected chi connectivity index (χ1v) is 8.69. The van der Waals surface area contributed by atoms with Crippen LogP contribution in [0, 0.1) is 6.92 Å². The summed E-state index contributed by atoms with van der Waals surface area (Å²) in [6, 6.07) is 10.6. The van der Waals surface area contributed by atoms with E-state index in [2.05, 4.69) is 10.0 Å². The lowest BCUT2D eigenvalue weighted by Gasteiger charge is -2.11. The van der Waals surface area contributed by atoms with Gasteiger partial charge in [0.1, 0.15) is 0 Å². The van der Waals surface area contributed by atoms with Crippen molar-refractivity contribution >= 4 is 27.4 Å². The van der Waals surface area contributed by atoms with E-state index in [4.69, 9.17) is 0 Å². The summed E-state index contributed by atoms with van der Waals surface area (Å²) in [5.41, 5.74) is 1.65. The maximum absolute atomic E-state index is 12.5. The topological polar surface area (TPSA) is 92.3 Å². The number of sulfonamides is 1. The number of amides is 1. The minimum absolute atomic E-state index is 0.0278. The standard InChI is InChI=1S/C17H18N2O4S/c1-11-7-8-15(10-16(11)17(21)18-3)24(22,23)19-14-6-4-5-13(9-14)12(2)20/h4-10,19H,1-3H3,(H,18,21). The highest BCUT2D eigenvalue weighted by molar-refractivity contribution is 7.92. The molecule has 0 unspecified atom stereocenters. The van der Waals surface area contributed by atoms with Crippen molar-refractivity contribution in [2.45, 2.75) is 18.7 Å². The van der Waals surface area contributed by atoms with Gasteiger partial charge >= 0.3 is 0 Å². The molecule has 7 heteroatoms. The molecule has 24 heavy (non-hydrogen) atoms. The van der Waals surface area contributed by atoms with E-state index < -0.39 is 10.0 Å². The van der Waals surface area contributed by atoms with Crippen molar-refractivity contribution in [2.75, 3.05) is 11.8 Å². The average Bonchev–Trinajstić information content (AvgIpc) is 2.54. The normalized spacial score (nSPS) is 11.0. The molecule has 0 heterocycles. The second kappa shape index (κ2) is 6.84. The van der Waals surface area contributed by atoms with E-state index in [1.165, 1.54) is 32.2 Å². The zero-order valence-corrected chi connectivity index (χ0v) is 14.4. The number of carbonyl (C=O) groups is 2. The number of aryl methyl sites for hydroxylation is 1. The summed E-state index contributed by atoms with van der Waals surface area (Å²) in [5, 5.41) is 2.48. The lowest BCUT2D eigenvalue weighted by molar-refractivity contribution is 0.0961. The Balaban J connectivity index is 2.39. The van der Waals surface area contributed by atoms with Crippen LogP contribution in [0.2, 0.25) is 0 Å². The molecule has 0 aliphatic rings. The Morgan fingerprint density at radius 2 is 1.75 bits per heavy atom. The second-order valence-electron chi connectivity index (χ2n) is 5.30. The molecule has 2 rings (SSSR count). The first-order chi connectivity index (χ1) is 11.2. The molecule has 2 aromatic rings. The maximum Gasteiger partial charge on any atom is 0.261 e. The third kappa shape index (κ3) is 3.80. The Morgan fingerprint density at radius 1 is 1.04 bits per heavy atom. The highest BCUT2D eigenvalue weighted by Crippen LogP contribution is 2.20. The van der Waals surface area contributed by atoms with E-state index in [1.54, 1.807) is 31.2 Å². The predicted octanol–water partition coefficient (Wildman–Crippen LogP) is 2.36. The van der Waals surface area contributed by atoms with Gasteiger partial charge in [0.15, 0.2) is 5.78 Å². The maximum atomic E-state index is 12.5. The molecule has 0 fully saturated rings. The van der Waals surface area contributed by atoms with Crippen LogP contribution >= 0.6 is 0 Å². The molecule has 1 amide bonds. The number of hydrogen-bond donors (Lipinski definition) is 2. The van der Waals surface area contributed by atoms with Gasteiger partial charge in [-0.25, -0.2) is 8.42 Å². The van der Waals surface area contributed by atoms with E-state index in [-0.39, 0.29) is 27.8 Å². The van der Waals surface area contributed by atoms with Gasteiger partial charge in [-0.3, -0.25) is 14.3 Å². The first-order valence-electron chi connectivity index (χ1n) is 7.21. The third-order valence-corrected chi connectivity index (χ3v) is 4.89. The molecule has 0 radical (unpaired) electrons.